The van der Waals surface area contributed by atoms with E-state index in [0.29, 0.717) is 0 Å². The third-order valence-corrected chi connectivity index (χ3v) is 4.26. The van der Waals surface area contributed by atoms with Crippen LogP contribution in [0.2, 0.25) is 0 Å². The van der Waals surface area contributed by atoms with Crippen molar-refractivity contribution in [3.05, 3.63) is 0 Å². The molecule has 0 rings (SSSR count). The van der Waals surface area contributed by atoms with Crippen molar-refractivity contribution in [2.24, 2.45) is 5.73 Å². The van der Waals surface area contributed by atoms with Crippen molar-refractivity contribution in [2.75, 3.05) is 13.1 Å². The van der Waals surface area contributed by atoms with E-state index in [1.807, 2.05) is 4.90 Å². The highest BCUT2D eigenvalue weighted by Gasteiger charge is 2.16. The molecule has 0 radical (unpaired) electrons. The van der Waals surface area contributed by atoms with E-state index in [1.165, 1.54) is 64.2 Å². The van der Waals surface area contributed by atoms with Crippen LogP contribution >= 0.6 is 0 Å². The minimum Gasteiger partial charge on any atom is -0.341 e. The maximum absolute atomic E-state index is 12.2. The molecule has 0 aliphatic heterocycles. The van der Waals surface area contributed by atoms with Gasteiger partial charge in [0.2, 0.25) is 5.91 Å². The standard InChI is InChI=1S/C19H40N2O/c1-4-6-8-10-12-14-16-21(19(22)18(3)20)17-15-13-11-9-7-5-2/h18H,4-17,20H2,1-3H3/t18-/m0/s1. The number of hydrogen-bond acceptors (Lipinski definition) is 2. The molecular formula is C19H40N2O. The summed E-state index contributed by atoms with van der Waals surface area (Å²) in [5, 5.41) is 0. The van der Waals surface area contributed by atoms with Gasteiger partial charge in [0, 0.05) is 13.1 Å². The van der Waals surface area contributed by atoms with Gasteiger partial charge in [-0.15, -0.1) is 0 Å². The van der Waals surface area contributed by atoms with Crippen molar-refractivity contribution in [1.82, 2.24) is 4.90 Å². The Hall–Kier alpha value is -0.570. The highest BCUT2D eigenvalue weighted by molar-refractivity contribution is 5.81. The number of carbonyl (C=O) groups is 1. The lowest BCUT2D eigenvalue weighted by Gasteiger charge is -2.24. The van der Waals surface area contributed by atoms with E-state index in [1.54, 1.807) is 6.92 Å². The van der Waals surface area contributed by atoms with E-state index in [4.69, 9.17) is 5.73 Å². The molecular weight excluding hydrogens is 272 g/mol. The fourth-order valence-corrected chi connectivity index (χ4v) is 2.79. The Morgan fingerprint density at radius 1 is 0.773 bits per heavy atom. The summed E-state index contributed by atoms with van der Waals surface area (Å²) in [5.74, 6) is 0.127. The first kappa shape index (κ1) is 21.4. The lowest BCUT2D eigenvalue weighted by molar-refractivity contribution is -0.132. The van der Waals surface area contributed by atoms with Crippen LogP contribution < -0.4 is 5.73 Å². The van der Waals surface area contributed by atoms with E-state index in [2.05, 4.69) is 13.8 Å². The molecule has 3 nitrogen and oxygen atoms in total. The summed E-state index contributed by atoms with van der Waals surface area (Å²) in [6.45, 7) is 8.06. The molecule has 0 saturated heterocycles. The SMILES string of the molecule is CCCCCCCCN(CCCCCCCC)C(=O)[C@H](C)N. The maximum Gasteiger partial charge on any atom is 0.239 e. The Balaban J connectivity index is 3.88. The van der Waals surface area contributed by atoms with E-state index in [9.17, 15) is 4.79 Å². The fourth-order valence-electron chi connectivity index (χ4n) is 2.79. The summed E-state index contributed by atoms with van der Waals surface area (Å²) in [6, 6.07) is -0.361. The van der Waals surface area contributed by atoms with Crippen LogP contribution in [0.1, 0.15) is 97.8 Å². The van der Waals surface area contributed by atoms with Gasteiger partial charge in [-0.25, -0.2) is 0 Å². The number of nitrogens with zero attached hydrogens (tertiary/aromatic N) is 1. The molecule has 22 heavy (non-hydrogen) atoms. The molecule has 1 atom stereocenters. The van der Waals surface area contributed by atoms with Gasteiger partial charge in [-0.2, -0.15) is 0 Å². The molecule has 0 aromatic rings. The minimum absolute atomic E-state index is 0.127. The molecule has 3 heteroatoms. The van der Waals surface area contributed by atoms with Gasteiger partial charge in [0.1, 0.15) is 0 Å². The van der Waals surface area contributed by atoms with Crippen molar-refractivity contribution < 1.29 is 4.79 Å². The van der Waals surface area contributed by atoms with Crippen LogP contribution in [0.5, 0.6) is 0 Å². The second-order valence-corrected chi connectivity index (χ2v) is 6.65. The van der Waals surface area contributed by atoms with E-state index in [-0.39, 0.29) is 11.9 Å². The Labute approximate surface area is 139 Å². The first-order valence-electron chi connectivity index (χ1n) is 9.67. The van der Waals surface area contributed by atoms with Crippen LogP contribution in [0, 0.1) is 0 Å². The Morgan fingerprint density at radius 2 is 1.14 bits per heavy atom. The fraction of sp³-hybridized carbons (Fsp3) is 0.947. The summed E-state index contributed by atoms with van der Waals surface area (Å²) in [7, 11) is 0. The monoisotopic (exact) mass is 312 g/mol. The molecule has 132 valence electrons. The first-order chi connectivity index (χ1) is 10.6. The lowest BCUT2D eigenvalue weighted by atomic mass is 10.1. The molecule has 0 aromatic heterocycles. The van der Waals surface area contributed by atoms with Gasteiger partial charge in [-0.3, -0.25) is 4.79 Å². The van der Waals surface area contributed by atoms with Crippen LogP contribution in [0.3, 0.4) is 0 Å². The molecule has 0 aliphatic carbocycles. The molecule has 1 amide bonds. The van der Waals surface area contributed by atoms with Crippen LogP contribution in [-0.4, -0.2) is 29.9 Å². The first-order valence-corrected chi connectivity index (χ1v) is 9.67. The molecule has 0 unspecified atom stereocenters. The zero-order chi connectivity index (χ0) is 16.6. The summed E-state index contributed by atoms with van der Waals surface area (Å²) >= 11 is 0. The van der Waals surface area contributed by atoms with Crippen LogP contribution in [0.15, 0.2) is 0 Å². The third-order valence-electron chi connectivity index (χ3n) is 4.26. The second kappa shape index (κ2) is 15.3. The average molecular weight is 313 g/mol. The Morgan fingerprint density at radius 3 is 1.50 bits per heavy atom. The van der Waals surface area contributed by atoms with Gasteiger partial charge >= 0.3 is 0 Å². The van der Waals surface area contributed by atoms with Crippen molar-refractivity contribution in [3.8, 4) is 0 Å². The number of carbonyl (C=O) groups excluding carboxylic acids is 1. The molecule has 0 aromatic carbocycles. The van der Waals surface area contributed by atoms with Crippen molar-refractivity contribution >= 4 is 5.91 Å². The van der Waals surface area contributed by atoms with Gasteiger partial charge in [-0.05, 0) is 19.8 Å². The van der Waals surface area contributed by atoms with Crippen LogP contribution in [-0.2, 0) is 4.79 Å². The largest absolute Gasteiger partial charge is 0.341 e. The highest BCUT2D eigenvalue weighted by atomic mass is 16.2. The number of nitrogens with two attached hydrogens (primary N) is 1. The number of rotatable bonds is 15. The van der Waals surface area contributed by atoms with E-state index in [0.717, 1.165) is 25.9 Å². The predicted octanol–water partition coefficient (Wildman–Crippen LogP) is 4.88. The molecule has 2 N–H and O–H groups in total. The zero-order valence-electron chi connectivity index (χ0n) is 15.4. The molecule has 0 heterocycles. The molecule has 0 spiro atoms. The highest BCUT2D eigenvalue weighted by Crippen LogP contribution is 2.09. The quantitative estimate of drug-likeness (QED) is 0.438. The van der Waals surface area contributed by atoms with Crippen molar-refractivity contribution in [3.63, 3.8) is 0 Å². The number of amides is 1. The van der Waals surface area contributed by atoms with Gasteiger partial charge < -0.3 is 10.6 Å². The van der Waals surface area contributed by atoms with Gasteiger partial charge in [0.25, 0.3) is 0 Å². The number of hydrogen-bond donors (Lipinski definition) is 1. The summed E-state index contributed by atoms with van der Waals surface area (Å²) in [6.07, 6.45) is 15.2. The second-order valence-electron chi connectivity index (χ2n) is 6.65. The van der Waals surface area contributed by atoms with Crippen LogP contribution in [0.4, 0.5) is 0 Å². The van der Waals surface area contributed by atoms with E-state index < -0.39 is 0 Å². The summed E-state index contributed by atoms with van der Waals surface area (Å²) in [4.78, 5) is 14.2. The van der Waals surface area contributed by atoms with Crippen LogP contribution in [0.25, 0.3) is 0 Å². The summed E-state index contributed by atoms with van der Waals surface area (Å²) in [5.41, 5.74) is 5.79. The normalized spacial score (nSPS) is 12.4. The Kier molecular flexibility index (Phi) is 14.9. The topological polar surface area (TPSA) is 46.3 Å². The average Bonchev–Trinajstić information content (AvgIpc) is 2.51. The summed E-state index contributed by atoms with van der Waals surface area (Å²) < 4.78 is 0. The van der Waals surface area contributed by atoms with Gasteiger partial charge in [0.05, 0.1) is 6.04 Å². The molecule has 0 saturated carbocycles. The predicted molar refractivity (Wildman–Crippen MR) is 97.0 cm³/mol. The maximum atomic E-state index is 12.2. The third kappa shape index (κ3) is 12.0. The lowest BCUT2D eigenvalue weighted by Crippen LogP contribution is -2.43. The molecule has 0 bridgehead atoms. The van der Waals surface area contributed by atoms with Gasteiger partial charge in [0.15, 0.2) is 0 Å². The smallest absolute Gasteiger partial charge is 0.239 e. The molecule has 0 fully saturated rings. The number of unbranched alkanes of at least 4 members (excludes halogenated alkanes) is 10. The Bertz CT molecular complexity index is 238. The van der Waals surface area contributed by atoms with Crippen molar-refractivity contribution in [2.45, 2.75) is 104 Å². The minimum atomic E-state index is -0.361. The van der Waals surface area contributed by atoms with Crippen molar-refractivity contribution in [1.29, 1.82) is 0 Å². The van der Waals surface area contributed by atoms with E-state index >= 15 is 0 Å². The van der Waals surface area contributed by atoms with Gasteiger partial charge in [-0.1, -0.05) is 78.1 Å². The zero-order valence-corrected chi connectivity index (χ0v) is 15.4. The molecule has 0 aliphatic rings.